The number of amides is 1. The highest BCUT2D eigenvalue weighted by Crippen LogP contribution is 2.41. The average Bonchev–Trinajstić information content (AvgIpc) is 3.67. The first-order chi connectivity index (χ1) is 25.6. The third-order valence-electron chi connectivity index (χ3n) is 10.7. The highest BCUT2D eigenvalue weighted by atomic mass is 19.1. The van der Waals surface area contributed by atoms with Gasteiger partial charge in [-0.3, -0.25) is 9.78 Å². The van der Waals surface area contributed by atoms with Crippen molar-refractivity contribution in [2.75, 3.05) is 38.2 Å². The molecule has 0 spiro atoms. The summed E-state index contributed by atoms with van der Waals surface area (Å²) in [6, 6.07) is 13.5. The Morgan fingerprint density at radius 1 is 1.04 bits per heavy atom. The molecule has 9 nitrogen and oxygen atoms in total. The largest absolute Gasteiger partial charge is 0.508 e. The number of nitrogens with zero attached hydrogens (tertiary/aromatic N) is 6. The number of hydrogen-bond donors (Lipinski definition) is 1. The topological polar surface area (TPSA) is 94.9 Å². The van der Waals surface area contributed by atoms with Gasteiger partial charge in [0.2, 0.25) is 0 Å². The lowest BCUT2D eigenvalue weighted by Crippen LogP contribution is -2.56. The minimum atomic E-state index is -0.879. The van der Waals surface area contributed by atoms with E-state index in [-0.39, 0.29) is 57.5 Å². The number of aryl methyl sites for hydroxylation is 1. The van der Waals surface area contributed by atoms with Gasteiger partial charge in [-0.15, -0.1) is 6.42 Å². The summed E-state index contributed by atoms with van der Waals surface area (Å²) in [4.78, 5) is 33.0. The molecule has 5 heterocycles. The molecule has 12 heteroatoms. The summed E-state index contributed by atoms with van der Waals surface area (Å²) in [5.74, 6) is -0.252. The number of benzene rings is 3. The minimum Gasteiger partial charge on any atom is -0.508 e. The van der Waals surface area contributed by atoms with Crippen molar-refractivity contribution in [3.63, 3.8) is 0 Å². The van der Waals surface area contributed by atoms with E-state index >= 15 is 8.78 Å². The number of halogens is 3. The van der Waals surface area contributed by atoms with Crippen LogP contribution in [0.5, 0.6) is 11.8 Å². The Hall–Kier alpha value is -5.67. The molecule has 0 aliphatic carbocycles. The van der Waals surface area contributed by atoms with Gasteiger partial charge in [0.1, 0.15) is 29.5 Å². The number of phenols is 1. The zero-order valence-corrected chi connectivity index (χ0v) is 29.3. The number of ether oxygens (including phenoxy) is 1. The van der Waals surface area contributed by atoms with Gasteiger partial charge in [0, 0.05) is 47.2 Å². The number of anilines is 1. The van der Waals surface area contributed by atoms with Crippen molar-refractivity contribution in [2.45, 2.75) is 50.7 Å². The number of carbonyl (C=O) groups excluding carboxylic acids is 1. The predicted molar refractivity (Wildman–Crippen MR) is 197 cm³/mol. The van der Waals surface area contributed by atoms with Gasteiger partial charge in [-0.05, 0) is 93.5 Å². The molecule has 2 aromatic heterocycles. The molecule has 3 aromatic carbocycles. The van der Waals surface area contributed by atoms with Crippen LogP contribution in [0.2, 0.25) is 0 Å². The predicted octanol–water partition coefficient (Wildman–Crippen LogP) is 6.78. The van der Waals surface area contributed by atoms with Crippen LogP contribution >= 0.6 is 0 Å². The summed E-state index contributed by atoms with van der Waals surface area (Å²) in [6.45, 7) is 3.71. The van der Waals surface area contributed by atoms with Crippen LogP contribution in [0, 0.1) is 30.9 Å². The van der Waals surface area contributed by atoms with Crippen LogP contribution in [0.15, 0.2) is 60.4 Å². The Morgan fingerprint density at radius 2 is 1.83 bits per heavy atom. The average molecular weight is 719 g/mol. The fourth-order valence-electron chi connectivity index (χ4n) is 8.15. The molecule has 3 aliphatic rings. The first kappa shape index (κ1) is 34.4. The number of pyridine rings is 1. The van der Waals surface area contributed by atoms with E-state index < -0.39 is 23.4 Å². The zero-order chi connectivity index (χ0) is 37.0. The minimum absolute atomic E-state index is 0.00883. The van der Waals surface area contributed by atoms with Crippen LogP contribution in [0.25, 0.3) is 38.9 Å². The van der Waals surface area contributed by atoms with E-state index in [0.717, 1.165) is 19.4 Å². The SMILES string of the molecule is C#Cc1c(F)ccc2cc(O)cc(-c3ccc4c(N5CC6CCC(C5)N6C(=O)/C(F)=C/c5cccc(C)n5)nc(OC[C@@H]5CCCN5C)nc4c3F)c12. The second-order valence-electron chi connectivity index (χ2n) is 14.1. The van der Waals surface area contributed by atoms with E-state index in [1.807, 2.05) is 11.9 Å². The molecule has 3 saturated heterocycles. The first-order valence-corrected chi connectivity index (χ1v) is 17.7. The lowest BCUT2D eigenvalue weighted by Gasteiger charge is -2.41. The number of hydrogen-bond acceptors (Lipinski definition) is 8. The Bertz CT molecular complexity index is 2350. The molecule has 2 bridgehead atoms. The Labute approximate surface area is 304 Å². The maximum absolute atomic E-state index is 17.0. The molecule has 3 atom stereocenters. The number of piperazine rings is 1. The fraction of sp³-hybridized carbons (Fsp3) is 0.317. The Kier molecular flexibility index (Phi) is 8.90. The van der Waals surface area contributed by atoms with Gasteiger partial charge < -0.3 is 24.5 Å². The Balaban J connectivity index is 1.19. The normalized spacial score (nSPS) is 20.4. The number of rotatable bonds is 7. The van der Waals surface area contributed by atoms with E-state index in [1.165, 1.54) is 30.3 Å². The van der Waals surface area contributed by atoms with Crippen LogP contribution in [-0.4, -0.2) is 87.2 Å². The number of likely N-dealkylation sites (tertiary alicyclic amines) is 1. The van der Waals surface area contributed by atoms with Crippen molar-refractivity contribution < 1.29 is 27.8 Å². The molecular weight excluding hydrogens is 681 g/mol. The van der Waals surface area contributed by atoms with Crippen LogP contribution in [0.1, 0.15) is 42.6 Å². The van der Waals surface area contributed by atoms with Crippen LogP contribution in [-0.2, 0) is 4.79 Å². The molecular formula is C41H37F3N6O3. The van der Waals surface area contributed by atoms with Gasteiger partial charge >= 0.3 is 6.01 Å². The summed E-state index contributed by atoms with van der Waals surface area (Å²) < 4.78 is 53.5. The van der Waals surface area contributed by atoms with E-state index in [0.29, 0.717) is 60.5 Å². The van der Waals surface area contributed by atoms with Crippen LogP contribution < -0.4 is 9.64 Å². The van der Waals surface area contributed by atoms with Crippen molar-refractivity contribution >= 4 is 39.5 Å². The summed E-state index contributed by atoms with van der Waals surface area (Å²) in [7, 11) is 2.03. The molecule has 0 saturated carbocycles. The molecule has 53 heavy (non-hydrogen) atoms. The smallest absolute Gasteiger partial charge is 0.319 e. The molecule has 0 radical (unpaired) electrons. The quantitative estimate of drug-likeness (QED) is 0.146. The fourth-order valence-corrected chi connectivity index (χ4v) is 8.15. The van der Waals surface area contributed by atoms with Gasteiger partial charge in [-0.2, -0.15) is 9.97 Å². The lowest BCUT2D eigenvalue weighted by molar-refractivity contribution is -0.131. The molecule has 8 rings (SSSR count). The van der Waals surface area contributed by atoms with Gasteiger partial charge in [0.15, 0.2) is 11.6 Å². The van der Waals surface area contributed by atoms with E-state index in [2.05, 4.69) is 20.8 Å². The van der Waals surface area contributed by atoms with E-state index in [4.69, 9.17) is 16.1 Å². The van der Waals surface area contributed by atoms with E-state index in [1.54, 1.807) is 42.2 Å². The third kappa shape index (κ3) is 6.29. The number of terminal acetylenes is 1. The maximum atomic E-state index is 17.0. The number of fused-ring (bicyclic) bond motifs is 4. The molecule has 5 aromatic rings. The summed E-state index contributed by atoms with van der Waals surface area (Å²) in [5, 5.41) is 11.8. The summed E-state index contributed by atoms with van der Waals surface area (Å²) in [5.41, 5.74) is 1.28. The van der Waals surface area contributed by atoms with Crippen molar-refractivity contribution in [3.05, 3.63) is 89.0 Å². The van der Waals surface area contributed by atoms with Crippen molar-refractivity contribution in [2.24, 2.45) is 0 Å². The van der Waals surface area contributed by atoms with Crippen LogP contribution in [0.4, 0.5) is 19.0 Å². The van der Waals surface area contributed by atoms with Crippen molar-refractivity contribution in [1.82, 2.24) is 24.8 Å². The second-order valence-corrected chi connectivity index (χ2v) is 14.1. The number of phenolic OH excluding ortho intramolecular Hbond substituents is 1. The standard InChI is InChI=1S/C41H37F3N6O3/c1-4-30-34(42)15-10-24-17-29(51)19-33(36(24)30)31-13-14-32-38(37(31)44)46-41(53-22-28-9-6-16-48(28)3)47-39(32)49-20-26-11-12-27(21-49)50(26)40(52)35(43)18-25-8-5-7-23(2)45-25/h1,5,7-8,10,13-15,17-19,26-28,51H,6,9,11-12,16,20-22H2,2-3H3/b35-18-/t26?,27?,28-/m0/s1. The molecule has 1 N–H and O–H groups in total. The zero-order valence-electron chi connectivity index (χ0n) is 29.3. The number of aromatic hydroxyl groups is 1. The number of carbonyl (C=O) groups is 1. The van der Waals surface area contributed by atoms with Gasteiger partial charge in [0.05, 0.1) is 23.3 Å². The van der Waals surface area contributed by atoms with Crippen molar-refractivity contribution in [3.8, 4) is 35.2 Å². The second kappa shape index (κ2) is 13.7. The molecule has 2 unspecified atom stereocenters. The first-order valence-electron chi connectivity index (χ1n) is 17.7. The van der Waals surface area contributed by atoms with Crippen LogP contribution in [0.3, 0.4) is 0 Å². The lowest BCUT2D eigenvalue weighted by atomic mass is 9.93. The Morgan fingerprint density at radius 3 is 2.55 bits per heavy atom. The van der Waals surface area contributed by atoms with Gasteiger partial charge in [-0.1, -0.05) is 24.1 Å². The van der Waals surface area contributed by atoms with Gasteiger partial charge in [0.25, 0.3) is 5.91 Å². The maximum Gasteiger partial charge on any atom is 0.319 e. The summed E-state index contributed by atoms with van der Waals surface area (Å²) in [6.07, 6.45) is 10.2. The van der Waals surface area contributed by atoms with E-state index in [9.17, 15) is 14.3 Å². The molecule has 270 valence electrons. The van der Waals surface area contributed by atoms with Crippen molar-refractivity contribution in [1.29, 1.82) is 0 Å². The number of likely N-dealkylation sites (N-methyl/N-ethyl adjacent to an activating group) is 1. The van der Waals surface area contributed by atoms with Gasteiger partial charge in [-0.25, -0.2) is 13.2 Å². The molecule has 3 aliphatic heterocycles. The third-order valence-corrected chi connectivity index (χ3v) is 10.7. The highest BCUT2D eigenvalue weighted by Gasteiger charge is 2.44. The highest BCUT2D eigenvalue weighted by molar-refractivity contribution is 6.04. The number of aromatic nitrogens is 3. The monoisotopic (exact) mass is 718 g/mol. The summed E-state index contributed by atoms with van der Waals surface area (Å²) >= 11 is 0. The molecule has 1 amide bonds. The molecule has 3 fully saturated rings.